The standard InChI is InChI=1S/C11H15NO3S/c1-14-10-6-8(7-13)2-3-9(10)15-5-4-11(12)16/h2-3,6,13H,4-5,7H2,1H3,(H2,12,16). The molecule has 0 aliphatic rings. The normalized spacial score (nSPS) is 9.88. The monoisotopic (exact) mass is 241 g/mol. The van der Waals surface area contributed by atoms with Crippen molar-refractivity contribution in [3.63, 3.8) is 0 Å². The maximum Gasteiger partial charge on any atom is 0.161 e. The topological polar surface area (TPSA) is 64.7 Å². The van der Waals surface area contributed by atoms with Crippen LogP contribution in [0.25, 0.3) is 0 Å². The molecule has 3 N–H and O–H groups in total. The molecule has 4 nitrogen and oxygen atoms in total. The summed E-state index contributed by atoms with van der Waals surface area (Å²) in [6.45, 7) is 0.397. The second-order valence-corrected chi connectivity index (χ2v) is 3.73. The van der Waals surface area contributed by atoms with Crippen LogP contribution in [0, 0.1) is 0 Å². The van der Waals surface area contributed by atoms with Crippen molar-refractivity contribution in [2.24, 2.45) is 5.73 Å². The third-order valence-electron chi connectivity index (χ3n) is 2.02. The Morgan fingerprint density at radius 1 is 1.44 bits per heavy atom. The van der Waals surface area contributed by atoms with E-state index in [1.807, 2.05) is 0 Å². The zero-order valence-corrected chi connectivity index (χ0v) is 9.92. The van der Waals surface area contributed by atoms with E-state index in [0.717, 1.165) is 5.56 Å². The van der Waals surface area contributed by atoms with Gasteiger partial charge in [-0.2, -0.15) is 0 Å². The van der Waals surface area contributed by atoms with Gasteiger partial charge in [-0.1, -0.05) is 18.3 Å². The quantitative estimate of drug-likeness (QED) is 0.734. The highest BCUT2D eigenvalue weighted by atomic mass is 32.1. The zero-order chi connectivity index (χ0) is 12.0. The maximum atomic E-state index is 8.97. The second-order valence-electron chi connectivity index (χ2n) is 3.21. The van der Waals surface area contributed by atoms with Gasteiger partial charge in [0.05, 0.1) is 25.3 Å². The molecule has 1 aromatic rings. The van der Waals surface area contributed by atoms with E-state index in [1.54, 1.807) is 25.3 Å². The van der Waals surface area contributed by atoms with E-state index in [4.69, 9.17) is 32.5 Å². The van der Waals surface area contributed by atoms with Crippen molar-refractivity contribution in [2.75, 3.05) is 13.7 Å². The van der Waals surface area contributed by atoms with Crippen LogP contribution < -0.4 is 15.2 Å². The van der Waals surface area contributed by atoms with E-state index in [-0.39, 0.29) is 6.61 Å². The summed E-state index contributed by atoms with van der Waals surface area (Å²) in [5.41, 5.74) is 6.14. The zero-order valence-electron chi connectivity index (χ0n) is 9.10. The molecule has 0 spiro atoms. The first-order chi connectivity index (χ1) is 7.67. The van der Waals surface area contributed by atoms with Crippen LogP contribution in [0.3, 0.4) is 0 Å². The number of benzene rings is 1. The molecule has 0 bridgehead atoms. The van der Waals surface area contributed by atoms with Gasteiger partial charge in [-0.3, -0.25) is 0 Å². The van der Waals surface area contributed by atoms with Gasteiger partial charge in [-0.15, -0.1) is 0 Å². The van der Waals surface area contributed by atoms with Crippen LogP contribution in [-0.2, 0) is 6.61 Å². The minimum atomic E-state index is -0.0243. The van der Waals surface area contributed by atoms with E-state index in [1.165, 1.54) is 0 Å². The summed E-state index contributed by atoms with van der Waals surface area (Å²) < 4.78 is 10.6. The summed E-state index contributed by atoms with van der Waals surface area (Å²) in [7, 11) is 1.55. The summed E-state index contributed by atoms with van der Waals surface area (Å²) in [6, 6.07) is 5.26. The first kappa shape index (κ1) is 12.7. The lowest BCUT2D eigenvalue weighted by Crippen LogP contribution is -2.12. The Kier molecular flexibility index (Phi) is 5.01. The molecule has 0 radical (unpaired) electrons. The average Bonchev–Trinajstić information content (AvgIpc) is 2.29. The van der Waals surface area contributed by atoms with Gasteiger partial charge in [0.1, 0.15) is 0 Å². The molecular weight excluding hydrogens is 226 g/mol. The molecule has 0 saturated carbocycles. The van der Waals surface area contributed by atoms with Crippen LogP contribution >= 0.6 is 12.2 Å². The minimum absolute atomic E-state index is 0.0243. The third-order valence-corrected chi connectivity index (χ3v) is 2.22. The number of hydrogen-bond donors (Lipinski definition) is 2. The van der Waals surface area contributed by atoms with Gasteiger partial charge >= 0.3 is 0 Å². The van der Waals surface area contributed by atoms with Gasteiger partial charge in [-0.05, 0) is 17.7 Å². The highest BCUT2D eigenvalue weighted by Crippen LogP contribution is 2.28. The molecular formula is C11H15NO3S. The van der Waals surface area contributed by atoms with Crippen LogP contribution in [0.4, 0.5) is 0 Å². The van der Waals surface area contributed by atoms with Crippen molar-refractivity contribution in [3.05, 3.63) is 23.8 Å². The molecule has 16 heavy (non-hydrogen) atoms. The maximum absolute atomic E-state index is 8.97. The van der Waals surface area contributed by atoms with E-state index >= 15 is 0 Å². The summed E-state index contributed by atoms with van der Waals surface area (Å²) in [5.74, 6) is 1.21. The number of aliphatic hydroxyl groups excluding tert-OH is 1. The molecule has 0 saturated heterocycles. The number of ether oxygens (including phenoxy) is 2. The number of methoxy groups -OCH3 is 1. The van der Waals surface area contributed by atoms with E-state index in [2.05, 4.69) is 0 Å². The Labute approximate surface area is 100.0 Å². The molecule has 1 aromatic carbocycles. The summed E-state index contributed by atoms with van der Waals surface area (Å²) in [6.07, 6.45) is 0.528. The smallest absolute Gasteiger partial charge is 0.161 e. The molecule has 5 heteroatoms. The summed E-state index contributed by atoms with van der Waals surface area (Å²) >= 11 is 4.75. The van der Waals surface area contributed by atoms with Crippen molar-refractivity contribution < 1.29 is 14.6 Å². The van der Waals surface area contributed by atoms with Gasteiger partial charge in [0, 0.05) is 6.42 Å². The molecule has 1 rings (SSSR count). The first-order valence-corrected chi connectivity index (χ1v) is 5.27. The van der Waals surface area contributed by atoms with Crippen LogP contribution in [0.2, 0.25) is 0 Å². The largest absolute Gasteiger partial charge is 0.493 e. The lowest BCUT2D eigenvalue weighted by atomic mass is 10.2. The summed E-state index contributed by atoms with van der Waals surface area (Å²) in [4.78, 5) is 0.422. The highest BCUT2D eigenvalue weighted by Gasteiger charge is 2.05. The molecule has 0 aromatic heterocycles. The van der Waals surface area contributed by atoms with Crippen LogP contribution in [0.15, 0.2) is 18.2 Å². The van der Waals surface area contributed by atoms with E-state index in [0.29, 0.717) is 29.5 Å². The van der Waals surface area contributed by atoms with Gasteiger partial charge < -0.3 is 20.3 Å². The van der Waals surface area contributed by atoms with Gasteiger partial charge in [0.2, 0.25) is 0 Å². The van der Waals surface area contributed by atoms with E-state index < -0.39 is 0 Å². The third kappa shape index (κ3) is 3.67. The Bertz CT molecular complexity index is 368. The summed E-state index contributed by atoms with van der Waals surface area (Å²) in [5, 5.41) is 8.97. The number of thiocarbonyl (C=S) groups is 1. The van der Waals surface area contributed by atoms with Crippen LogP contribution in [-0.4, -0.2) is 23.8 Å². The van der Waals surface area contributed by atoms with Crippen LogP contribution in [0.5, 0.6) is 11.5 Å². The SMILES string of the molecule is COc1cc(CO)ccc1OCCC(N)=S. The number of nitrogens with two attached hydrogens (primary N) is 1. The fourth-order valence-electron chi connectivity index (χ4n) is 1.19. The Balaban J connectivity index is 2.68. The van der Waals surface area contributed by atoms with Gasteiger partial charge in [0.25, 0.3) is 0 Å². The average molecular weight is 241 g/mol. The van der Waals surface area contributed by atoms with Crippen molar-refractivity contribution in [2.45, 2.75) is 13.0 Å². The van der Waals surface area contributed by atoms with Crippen molar-refractivity contribution in [3.8, 4) is 11.5 Å². The van der Waals surface area contributed by atoms with Gasteiger partial charge in [-0.25, -0.2) is 0 Å². The second kappa shape index (κ2) is 6.30. The van der Waals surface area contributed by atoms with Crippen molar-refractivity contribution in [1.29, 1.82) is 0 Å². The van der Waals surface area contributed by atoms with Crippen LogP contribution in [0.1, 0.15) is 12.0 Å². The lowest BCUT2D eigenvalue weighted by molar-refractivity contribution is 0.278. The molecule has 0 aliphatic heterocycles. The minimum Gasteiger partial charge on any atom is -0.493 e. The lowest BCUT2D eigenvalue weighted by Gasteiger charge is -2.11. The number of hydrogen-bond acceptors (Lipinski definition) is 4. The molecule has 0 heterocycles. The first-order valence-electron chi connectivity index (χ1n) is 4.86. The Morgan fingerprint density at radius 2 is 2.19 bits per heavy atom. The highest BCUT2D eigenvalue weighted by molar-refractivity contribution is 7.80. The predicted molar refractivity (Wildman–Crippen MR) is 65.8 cm³/mol. The molecule has 0 aliphatic carbocycles. The molecule has 0 amide bonds. The number of rotatable bonds is 6. The molecule has 0 fully saturated rings. The number of aliphatic hydroxyl groups is 1. The molecule has 0 atom stereocenters. The Morgan fingerprint density at radius 3 is 2.75 bits per heavy atom. The fourth-order valence-corrected chi connectivity index (χ4v) is 1.27. The molecule has 88 valence electrons. The fraction of sp³-hybridized carbons (Fsp3) is 0.364. The van der Waals surface area contributed by atoms with Crippen molar-refractivity contribution in [1.82, 2.24) is 0 Å². The predicted octanol–water partition coefficient (Wildman–Crippen LogP) is 1.24. The van der Waals surface area contributed by atoms with E-state index in [9.17, 15) is 0 Å². The van der Waals surface area contributed by atoms with Crippen molar-refractivity contribution >= 4 is 17.2 Å². The molecule has 0 unspecified atom stereocenters. The van der Waals surface area contributed by atoms with Gasteiger partial charge in [0.15, 0.2) is 11.5 Å². The Hall–Kier alpha value is -1.33.